The fourth-order valence-corrected chi connectivity index (χ4v) is 0.910. The van der Waals surface area contributed by atoms with Gasteiger partial charge in [0.15, 0.2) is 6.29 Å². The van der Waals surface area contributed by atoms with E-state index in [2.05, 4.69) is 4.52 Å². The zero-order valence-corrected chi connectivity index (χ0v) is 7.74. The zero-order chi connectivity index (χ0) is 11.4. The van der Waals surface area contributed by atoms with Crippen LogP contribution in [-0.2, 0) is 13.9 Å². The topological polar surface area (TPSA) is 150 Å². The number of phosphoric acid groups is 1. The van der Waals surface area contributed by atoms with Crippen molar-refractivity contribution in [2.45, 2.75) is 18.3 Å². The van der Waals surface area contributed by atoms with Gasteiger partial charge in [-0.25, -0.2) is 0 Å². The molecule has 0 heterocycles. The van der Waals surface area contributed by atoms with Gasteiger partial charge in [0.25, 0.3) is 0 Å². The molecule has 0 radical (unpaired) electrons. The van der Waals surface area contributed by atoms with Gasteiger partial charge in [0, 0.05) is 0 Å². The molecule has 8 nitrogen and oxygen atoms in total. The highest BCUT2D eigenvalue weighted by molar-refractivity contribution is 7.43. The minimum Gasteiger partial charge on any atom is -0.790 e. The molecule has 0 fully saturated rings. The molecule has 0 aliphatic carbocycles. The lowest BCUT2D eigenvalue weighted by Gasteiger charge is -2.30. The van der Waals surface area contributed by atoms with Crippen molar-refractivity contribution in [3.63, 3.8) is 0 Å². The first-order valence-electron chi connectivity index (χ1n) is 3.44. The monoisotopic (exact) mass is 228 g/mol. The lowest BCUT2D eigenvalue weighted by molar-refractivity contribution is -0.343. The van der Waals surface area contributed by atoms with Crippen molar-refractivity contribution in [2.75, 3.05) is 6.61 Å². The first-order valence-corrected chi connectivity index (χ1v) is 4.90. The standard InChI is InChI=1S/C5H11O8P/c6-1-3(7)5(9)4(8)2-13-14(10,11)12/h1,3-5,7-9H,2H2,(H2,10,11,12)/p-2. The Morgan fingerprint density at radius 1 is 1.36 bits per heavy atom. The molecule has 3 unspecified atom stereocenters. The highest BCUT2D eigenvalue weighted by Gasteiger charge is 2.24. The van der Waals surface area contributed by atoms with Crippen molar-refractivity contribution < 1.29 is 39.0 Å². The second kappa shape index (κ2) is 5.52. The number of phosphoric ester groups is 1. The number of hydrogen-bond acceptors (Lipinski definition) is 8. The van der Waals surface area contributed by atoms with Crippen LogP contribution in [0.5, 0.6) is 0 Å². The van der Waals surface area contributed by atoms with Crippen LogP contribution in [0.4, 0.5) is 0 Å². The van der Waals surface area contributed by atoms with Gasteiger partial charge < -0.3 is 39.0 Å². The van der Waals surface area contributed by atoms with Gasteiger partial charge in [-0.3, -0.25) is 0 Å². The molecule has 14 heavy (non-hydrogen) atoms. The normalized spacial score (nSPS) is 18.6. The molecule has 0 saturated carbocycles. The van der Waals surface area contributed by atoms with E-state index in [1.165, 1.54) is 0 Å². The van der Waals surface area contributed by atoms with E-state index in [1.807, 2.05) is 0 Å². The summed E-state index contributed by atoms with van der Waals surface area (Å²) in [5.41, 5.74) is 0. The molecule has 9 heteroatoms. The van der Waals surface area contributed by atoms with Crippen molar-refractivity contribution in [2.24, 2.45) is 0 Å². The molecule has 0 rings (SSSR count). The van der Waals surface area contributed by atoms with E-state index in [0.29, 0.717) is 0 Å². The summed E-state index contributed by atoms with van der Waals surface area (Å²) >= 11 is 0. The summed E-state index contributed by atoms with van der Waals surface area (Å²) in [4.78, 5) is 29.8. The van der Waals surface area contributed by atoms with Gasteiger partial charge in [-0.1, -0.05) is 0 Å². The SMILES string of the molecule is O=CC(O)C(O)C(O)COP(=O)([O-])[O-]. The summed E-state index contributed by atoms with van der Waals surface area (Å²) in [7, 11) is -5.24. The molecular formula is C5H9O8P-2. The van der Waals surface area contributed by atoms with Crippen LogP contribution >= 0.6 is 7.82 Å². The van der Waals surface area contributed by atoms with Gasteiger partial charge in [-0.15, -0.1) is 0 Å². The molecule has 3 N–H and O–H groups in total. The van der Waals surface area contributed by atoms with Crippen LogP contribution in [0.1, 0.15) is 0 Å². The molecular weight excluding hydrogens is 219 g/mol. The molecule has 0 amide bonds. The van der Waals surface area contributed by atoms with Gasteiger partial charge in [-0.05, 0) is 0 Å². The van der Waals surface area contributed by atoms with Crippen LogP contribution in [0, 0.1) is 0 Å². The third-order valence-corrected chi connectivity index (χ3v) is 1.75. The van der Waals surface area contributed by atoms with Gasteiger partial charge in [0.1, 0.15) is 18.3 Å². The van der Waals surface area contributed by atoms with Crippen LogP contribution in [0.2, 0.25) is 0 Å². The van der Waals surface area contributed by atoms with E-state index in [9.17, 15) is 19.1 Å². The average molecular weight is 228 g/mol. The predicted octanol–water partition coefficient (Wildman–Crippen LogP) is -3.89. The van der Waals surface area contributed by atoms with Crippen LogP contribution in [0.15, 0.2) is 0 Å². The first-order chi connectivity index (χ1) is 6.28. The summed E-state index contributed by atoms with van der Waals surface area (Å²) in [5.74, 6) is 0. The summed E-state index contributed by atoms with van der Waals surface area (Å²) in [6.07, 6.45) is -5.67. The lowest BCUT2D eigenvalue weighted by atomic mass is 10.1. The third kappa shape index (κ3) is 5.40. The summed E-state index contributed by atoms with van der Waals surface area (Å²) in [6.45, 7) is -1.02. The maximum Gasteiger partial charge on any atom is 0.151 e. The van der Waals surface area contributed by atoms with E-state index < -0.39 is 32.7 Å². The quantitative estimate of drug-likeness (QED) is 0.308. The van der Waals surface area contributed by atoms with Crippen molar-refractivity contribution in [3.8, 4) is 0 Å². The average Bonchev–Trinajstić information content (AvgIpc) is 2.10. The second-order valence-corrected chi connectivity index (χ2v) is 3.58. The highest BCUT2D eigenvalue weighted by Crippen LogP contribution is 2.24. The minimum atomic E-state index is -5.24. The third-order valence-electron chi connectivity index (χ3n) is 1.29. The Kier molecular flexibility index (Phi) is 5.38. The Morgan fingerprint density at radius 3 is 2.21 bits per heavy atom. The van der Waals surface area contributed by atoms with Gasteiger partial charge in [0.05, 0.1) is 14.4 Å². The van der Waals surface area contributed by atoms with E-state index in [4.69, 9.17) is 15.3 Å². The van der Waals surface area contributed by atoms with Crippen molar-refractivity contribution in [1.82, 2.24) is 0 Å². The Bertz CT molecular complexity index is 224. The second-order valence-electron chi connectivity index (χ2n) is 2.43. The number of rotatable bonds is 6. The Labute approximate surface area is 79.0 Å². The molecule has 3 atom stereocenters. The fraction of sp³-hybridized carbons (Fsp3) is 0.800. The number of aliphatic hydroxyl groups excluding tert-OH is 3. The smallest absolute Gasteiger partial charge is 0.151 e. The zero-order valence-electron chi connectivity index (χ0n) is 6.85. The van der Waals surface area contributed by atoms with E-state index in [-0.39, 0.29) is 6.29 Å². The molecule has 0 aromatic heterocycles. The Morgan fingerprint density at radius 2 is 1.86 bits per heavy atom. The number of aldehydes is 1. The Balaban J connectivity index is 4.02. The fourth-order valence-electron chi connectivity index (χ4n) is 0.574. The maximum absolute atomic E-state index is 9.92. The molecule has 0 aliphatic heterocycles. The Hall–Kier alpha value is -0.340. The minimum absolute atomic E-state index is 0.0537. The predicted molar refractivity (Wildman–Crippen MR) is 37.6 cm³/mol. The molecule has 0 bridgehead atoms. The van der Waals surface area contributed by atoms with Crippen LogP contribution < -0.4 is 9.79 Å². The molecule has 0 aliphatic rings. The van der Waals surface area contributed by atoms with Crippen molar-refractivity contribution in [3.05, 3.63) is 0 Å². The van der Waals surface area contributed by atoms with Crippen LogP contribution in [0.25, 0.3) is 0 Å². The summed E-state index contributed by atoms with van der Waals surface area (Å²) < 4.78 is 13.5. The molecule has 0 aromatic carbocycles. The lowest BCUT2D eigenvalue weighted by Crippen LogP contribution is -2.41. The molecule has 0 spiro atoms. The molecule has 0 aromatic rings. The summed E-state index contributed by atoms with van der Waals surface area (Å²) in [5, 5.41) is 26.4. The van der Waals surface area contributed by atoms with Gasteiger partial charge >= 0.3 is 0 Å². The first kappa shape index (κ1) is 13.7. The maximum atomic E-state index is 9.92. The largest absolute Gasteiger partial charge is 0.790 e. The molecule has 84 valence electrons. The van der Waals surface area contributed by atoms with E-state index in [1.54, 1.807) is 0 Å². The van der Waals surface area contributed by atoms with Crippen LogP contribution in [0.3, 0.4) is 0 Å². The van der Waals surface area contributed by atoms with E-state index >= 15 is 0 Å². The number of carbonyl (C=O) groups is 1. The van der Waals surface area contributed by atoms with Crippen molar-refractivity contribution >= 4 is 14.1 Å². The summed E-state index contributed by atoms with van der Waals surface area (Å²) in [6, 6.07) is 0. The molecule has 0 saturated heterocycles. The number of hydrogen-bond donors (Lipinski definition) is 3. The van der Waals surface area contributed by atoms with Crippen LogP contribution in [-0.4, -0.2) is 46.5 Å². The van der Waals surface area contributed by atoms with Crippen molar-refractivity contribution in [1.29, 1.82) is 0 Å². The highest BCUT2D eigenvalue weighted by atomic mass is 31.2. The van der Waals surface area contributed by atoms with Gasteiger partial charge in [-0.2, -0.15) is 0 Å². The number of carbonyl (C=O) groups excluding carboxylic acids is 1. The number of aliphatic hydroxyl groups is 3. The van der Waals surface area contributed by atoms with Gasteiger partial charge in [0.2, 0.25) is 0 Å². The van der Waals surface area contributed by atoms with E-state index in [0.717, 1.165) is 0 Å².